The highest BCUT2D eigenvalue weighted by Crippen LogP contribution is 2.56. The minimum absolute atomic E-state index is 0.0769. The van der Waals surface area contributed by atoms with Crippen LogP contribution in [0.2, 0.25) is 0 Å². The lowest BCUT2D eigenvalue weighted by atomic mass is 9.99. The summed E-state index contributed by atoms with van der Waals surface area (Å²) < 4.78 is 5.49. The highest BCUT2D eigenvalue weighted by molar-refractivity contribution is 5.75. The molecule has 1 aromatic rings. The number of hydrogen-bond acceptors (Lipinski definition) is 3. The fraction of sp³-hybridized carbons (Fsp3) is 0.533. The Morgan fingerprint density at radius 3 is 2.84 bits per heavy atom. The normalized spacial score (nSPS) is 32.1. The van der Waals surface area contributed by atoms with E-state index < -0.39 is 0 Å². The van der Waals surface area contributed by atoms with Crippen LogP contribution >= 0.6 is 0 Å². The van der Waals surface area contributed by atoms with Gasteiger partial charge in [-0.25, -0.2) is 0 Å². The van der Waals surface area contributed by atoms with Gasteiger partial charge in [0.25, 0.3) is 0 Å². The number of benzene rings is 1. The van der Waals surface area contributed by atoms with E-state index in [4.69, 9.17) is 10.5 Å². The highest BCUT2D eigenvalue weighted by atomic mass is 16.5. The van der Waals surface area contributed by atoms with Crippen LogP contribution in [0.4, 0.5) is 0 Å². The van der Waals surface area contributed by atoms with Crippen LogP contribution in [0.15, 0.2) is 18.2 Å². The zero-order chi connectivity index (χ0) is 13.7. The molecule has 19 heavy (non-hydrogen) atoms. The first kappa shape index (κ1) is 12.5. The van der Waals surface area contributed by atoms with E-state index in [1.165, 1.54) is 0 Å². The topological polar surface area (TPSA) is 55.6 Å². The second kappa shape index (κ2) is 4.23. The van der Waals surface area contributed by atoms with Gasteiger partial charge in [-0.1, -0.05) is 12.1 Å². The van der Waals surface area contributed by atoms with E-state index in [0.29, 0.717) is 11.8 Å². The van der Waals surface area contributed by atoms with Gasteiger partial charge in [0.1, 0.15) is 5.75 Å². The van der Waals surface area contributed by atoms with Crippen molar-refractivity contribution < 1.29 is 9.53 Å². The third-order valence-corrected chi connectivity index (χ3v) is 4.51. The molecular weight excluding hydrogens is 240 g/mol. The van der Waals surface area contributed by atoms with E-state index in [0.717, 1.165) is 23.4 Å². The molecule has 2 fully saturated rings. The number of nitrogens with zero attached hydrogens (tertiary/aromatic N) is 1. The Kier molecular flexibility index (Phi) is 2.78. The first-order valence-electron chi connectivity index (χ1n) is 6.72. The number of methoxy groups -OCH3 is 1. The van der Waals surface area contributed by atoms with Crippen LogP contribution in [0.5, 0.6) is 5.75 Å². The molecule has 4 unspecified atom stereocenters. The van der Waals surface area contributed by atoms with Crippen LogP contribution in [0, 0.1) is 18.8 Å². The van der Waals surface area contributed by atoms with Gasteiger partial charge in [-0.2, -0.15) is 0 Å². The summed E-state index contributed by atoms with van der Waals surface area (Å²) in [6.07, 6.45) is 0. The zero-order valence-corrected chi connectivity index (χ0v) is 11.6. The molecule has 3 rings (SSSR count). The predicted octanol–water partition coefficient (Wildman–Crippen LogP) is 1.48. The molecule has 4 heteroatoms. The summed E-state index contributed by atoms with van der Waals surface area (Å²) in [6.45, 7) is 4.45. The minimum Gasteiger partial charge on any atom is -0.496 e. The number of carbonyl (C=O) groups is 1. The Labute approximate surface area is 113 Å². The van der Waals surface area contributed by atoms with Crippen molar-refractivity contribution in [2.24, 2.45) is 17.6 Å². The number of rotatable bonds is 2. The van der Waals surface area contributed by atoms with Crippen molar-refractivity contribution in [2.45, 2.75) is 25.9 Å². The Morgan fingerprint density at radius 2 is 2.21 bits per heavy atom. The van der Waals surface area contributed by atoms with E-state index >= 15 is 0 Å². The molecule has 0 spiro atoms. The Morgan fingerprint density at radius 1 is 1.47 bits per heavy atom. The molecule has 1 aromatic carbocycles. The number of amides is 1. The van der Waals surface area contributed by atoms with Gasteiger partial charge in [-0.05, 0) is 24.5 Å². The predicted molar refractivity (Wildman–Crippen MR) is 72.8 cm³/mol. The lowest BCUT2D eigenvalue weighted by Gasteiger charge is -2.29. The summed E-state index contributed by atoms with van der Waals surface area (Å²) >= 11 is 0. The van der Waals surface area contributed by atoms with Crippen molar-refractivity contribution in [3.63, 3.8) is 0 Å². The van der Waals surface area contributed by atoms with Gasteiger partial charge < -0.3 is 15.4 Å². The van der Waals surface area contributed by atoms with Gasteiger partial charge in [0, 0.05) is 31.0 Å². The van der Waals surface area contributed by atoms with Crippen LogP contribution in [0.25, 0.3) is 0 Å². The van der Waals surface area contributed by atoms with Crippen LogP contribution in [0.3, 0.4) is 0 Å². The average Bonchev–Trinajstić information content (AvgIpc) is 2.85. The van der Waals surface area contributed by atoms with Gasteiger partial charge in [-0.15, -0.1) is 0 Å². The fourth-order valence-electron chi connectivity index (χ4n) is 3.43. The minimum atomic E-state index is 0.0769. The van der Waals surface area contributed by atoms with Crippen molar-refractivity contribution >= 4 is 5.91 Å². The van der Waals surface area contributed by atoms with Crippen molar-refractivity contribution in [1.82, 2.24) is 4.90 Å². The molecule has 2 N–H and O–H groups in total. The highest BCUT2D eigenvalue weighted by Gasteiger charge is 2.61. The number of fused-ring (bicyclic) bond motifs is 1. The molecule has 0 radical (unpaired) electrons. The molecule has 0 bridgehead atoms. The molecule has 1 aliphatic heterocycles. The van der Waals surface area contributed by atoms with E-state index in [-0.39, 0.29) is 18.0 Å². The summed E-state index contributed by atoms with van der Waals surface area (Å²) in [7, 11) is 1.68. The third-order valence-electron chi connectivity index (χ3n) is 4.51. The van der Waals surface area contributed by atoms with E-state index in [2.05, 4.69) is 12.1 Å². The summed E-state index contributed by atoms with van der Waals surface area (Å²) in [4.78, 5) is 13.7. The van der Waals surface area contributed by atoms with Crippen LogP contribution in [-0.2, 0) is 4.79 Å². The molecule has 102 valence electrons. The van der Waals surface area contributed by atoms with Crippen LogP contribution < -0.4 is 10.5 Å². The van der Waals surface area contributed by atoms with E-state index in [1.54, 1.807) is 14.0 Å². The maximum absolute atomic E-state index is 11.8. The van der Waals surface area contributed by atoms with Crippen molar-refractivity contribution in [3.05, 3.63) is 29.3 Å². The van der Waals surface area contributed by atoms with Crippen molar-refractivity contribution in [2.75, 3.05) is 13.7 Å². The van der Waals surface area contributed by atoms with Gasteiger partial charge >= 0.3 is 0 Å². The quantitative estimate of drug-likeness (QED) is 0.876. The Bertz CT molecular complexity index is 529. The Hall–Kier alpha value is -1.55. The largest absolute Gasteiger partial charge is 0.496 e. The van der Waals surface area contributed by atoms with Gasteiger partial charge in [0.05, 0.1) is 13.2 Å². The molecule has 1 saturated heterocycles. The van der Waals surface area contributed by atoms with Gasteiger partial charge in [0.2, 0.25) is 5.91 Å². The monoisotopic (exact) mass is 260 g/mol. The average molecular weight is 260 g/mol. The number of aryl methyl sites for hydroxylation is 1. The molecule has 1 aliphatic carbocycles. The number of hydrogen-bond donors (Lipinski definition) is 1. The fourth-order valence-corrected chi connectivity index (χ4v) is 3.43. The zero-order valence-electron chi connectivity index (χ0n) is 11.6. The van der Waals surface area contributed by atoms with Gasteiger partial charge in [-0.3, -0.25) is 4.79 Å². The standard InChI is InChI=1S/C15H20N2O2/c1-8-4-5-10(12(6-8)19-3)15-13-11(14(13)16)7-17(15)9(2)18/h4-6,11,13-15H,7,16H2,1-3H3. The summed E-state index contributed by atoms with van der Waals surface area (Å²) in [5.74, 6) is 1.82. The second-order valence-corrected chi connectivity index (χ2v) is 5.68. The molecule has 1 heterocycles. The molecule has 4 atom stereocenters. The van der Waals surface area contributed by atoms with E-state index in [9.17, 15) is 4.79 Å². The number of nitrogens with two attached hydrogens (primary N) is 1. The first-order chi connectivity index (χ1) is 9.04. The second-order valence-electron chi connectivity index (χ2n) is 5.68. The maximum atomic E-state index is 11.8. The summed E-state index contributed by atoms with van der Waals surface area (Å²) in [5.41, 5.74) is 8.35. The summed E-state index contributed by atoms with van der Waals surface area (Å²) in [5, 5.41) is 0. The SMILES string of the molecule is COc1cc(C)ccc1C1C2C(N)C2CN1C(C)=O. The summed E-state index contributed by atoms with van der Waals surface area (Å²) in [6, 6.07) is 6.47. The lowest BCUT2D eigenvalue weighted by molar-refractivity contribution is -0.130. The molecular formula is C15H20N2O2. The molecule has 1 saturated carbocycles. The lowest BCUT2D eigenvalue weighted by Crippen LogP contribution is -2.35. The third kappa shape index (κ3) is 1.82. The van der Waals surface area contributed by atoms with Crippen molar-refractivity contribution in [3.8, 4) is 5.75 Å². The number of piperidine rings is 1. The first-order valence-corrected chi connectivity index (χ1v) is 6.72. The molecule has 1 amide bonds. The van der Waals surface area contributed by atoms with Crippen molar-refractivity contribution in [1.29, 1.82) is 0 Å². The maximum Gasteiger partial charge on any atom is 0.219 e. The van der Waals surface area contributed by atoms with Crippen LogP contribution in [-0.4, -0.2) is 30.5 Å². The van der Waals surface area contributed by atoms with Gasteiger partial charge in [0.15, 0.2) is 0 Å². The smallest absolute Gasteiger partial charge is 0.219 e. The number of ether oxygens (including phenoxy) is 1. The Balaban J connectivity index is 2.01. The molecule has 0 aromatic heterocycles. The number of carbonyl (C=O) groups excluding carboxylic acids is 1. The molecule has 2 aliphatic rings. The molecule has 4 nitrogen and oxygen atoms in total. The van der Waals surface area contributed by atoms with E-state index in [1.807, 2.05) is 17.9 Å². The van der Waals surface area contributed by atoms with Crippen LogP contribution in [0.1, 0.15) is 24.1 Å². The number of likely N-dealkylation sites (tertiary alicyclic amines) is 1.